The maximum atomic E-state index is 11.8. The van der Waals surface area contributed by atoms with E-state index in [0.717, 1.165) is 0 Å². The molecule has 0 unspecified atom stereocenters. The third kappa shape index (κ3) is 3.50. The van der Waals surface area contributed by atoms with Crippen molar-refractivity contribution in [3.05, 3.63) is 70.5 Å². The summed E-state index contributed by atoms with van der Waals surface area (Å²) >= 11 is 11.9. The molecule has 0 saturated carbocycles. The molecule has 0 spiro atoms. The molecule has 1 aromatic carbocycles. The van der Waals surface area contributed by atoms with Crippen LogP contribution in [0.1, 0.15) is 15.9 Å². The Bertz CT molecular complexity index is 644. The van der Waals surface area contributed by atoms with Crippen molar-refractivity contribution in [2.24, 2.45) is 0 Å². The summed E-state index contributed by atoms with van der Waals surface area (Å²) in [6, 6.07) is 8.33. The first-order valence-electron chi connectivity index (χ1n) is 5.68. The average Bonchev–Trinajstić information content (AvgIpc) is 2.47. The Morgan fingerprint density at radius 3 is 2.70 bits per heavy atom. The lowest BCUT2D eigenvalue weighted by molar-refractivity contribution is 0.0942. The van der Waals surface area contributed by atoms with Gasteiger partial charge in [0.25, 0.3) is 5.91 Å². The summed E-state index contributed by atoms with van der Waals surface area (Å²) in [6.07, 6.45) is 3.06. The number of rotatable bonds is 4. The number of hydrogen-bond acceptors (Lipinski definition) is 3. The zero-order valence-corrected chi connectivity index (χ0v) is 11.9. The van der Waals surface area contributed by atoms with Gasteiger partial charge in [0.2, 0.25) is 0 Å². The van der Waals surface area contributed by atoms with Gasteiger partial charge < -0.3 is 0 Å². The van der Waals surface area contributed by atoms with Gasteiger partial charge in [-0.2, -0.15) is 0 Å². The number of nitrogens with one attached hydrogen (secondary N) is 2. The first-order valence-corrected chi connectivity index (χ1v) is 6.44. The molecular weight excluding hydrogens is 297 g/mol. The van der Waals surface area contributed by atoms with Crippen molar-refractivity contribution in [2.45, 2.75) is 0 Å². The van der Waals surface area contributed by atoms with E-state index in [1.165, 1.54) is 6.20 Å². The fourth-order valence-electron chi connectivity index (χ4n) is 1.50. The number of carbonyl (C=O) groups is 1. The van der Waals surface area contributed by atoms with Crippen molar-refractivity contribution < 1.29 is 4.79 Å². The summed E-state index contributed by atoms with van der Waals surface area (Å²) in [4.78, 5) is 15.7. The molecule has 0 radical (unpaired) electrons. The number of aromatic nitrogens is 1. The molecule has 4 nitrogen and oxygen atoms in total. The van der Waals surface area contributed by atoms with Gasteiger partial charge in [-0.05, 0) is 30.3 Å². The summed E-state index contributed by atoms with van der Waals surface area (Å²) in [5, 5.41) is 1.02. The second-order valence-electron chi connectivity index (χ2n) is 3.92. The molecule has 0 saturated heterocycles. The molecule has 0 atom stereocenters. The first kappa shape index (κ1) is 14.4. The van der Waals surface area contributed by atoms with Crippen molar-refractivity contribution in [3.8, 4) is 0 Å². The minimum Gasteiger partial charge on any atom is -0.298 e. The molecule has 102 valence electrons. The molecule has 2 aromatic rings. The van der Waals surface area contributed by atoms with Crippen molar-refractivity contribution >= 4 is 34.8 Å². The van der Waals surface area contributed by atoms with Crippen molar-refractivity contribution in [3.63, 3.8) is 0 Å². The van der Waals surface area contributed by atoms with E-state index in [4.69, 9.17) is 23.2 Å². The second kappa shape index (κ2) is 6.41. The molecule has 1 heterocycles. The zero-order chi connectivity index (χ0) is 14.5. The Morgan fingerprint density at radius 2 is 2.00 bits per heavy atom. The van der Waals surface area contributed by atoms with Crippen LogP contribution in [-0.4, -0.2) is 10.9 Å². The van der Waals surface area contributed by atoms with Gasteiger partial charge in [0.15, 0.2) is 0 Å². The fraction of sp³-hybridized carbons (Fsp3) is 0. The van der Waals surface area contributed by atoms with Gasteiger partial charge in [-0.3, -0.25) is 20.6 Å². The van der Waals surface area contributed by atoms with E-state index in [1.54, 1.807) is 36.5 Å². The minimum atomic E-state index is -0.322. The van der Waals surface area contributed by atoms with Gasteiger partial charge in [-0.1, -0.05) is 29.8 Å². The van der Waals surface area contributed by atoms with Crippen LogP contribution in [0.2, 0.25) is 10.0 Å². The Morgan fingerprint density at radius 1 is 1.20 bits per heavy atom. The highest BCUT2D eigenvalue weighted by atomic mass is 35.5. The summed E-state index contributed by atoms with van der Waals surface area (Å²) in [6.45, 7) is 3.81. The summed E-state index contributed by atoms with van der Waals surface area (Å²) < 4.78 is 0. The number of nitrogens with zero attached hydrogens (tertiary/aromatic N) is 1. The van der Waals surface area contributed by atoms with Crippen LogP contribution in [0, 0.1) is 0 Å². The van der Waals surface area contributed by atoms with Gasteiger partial charge in [0, 0.05) is 23.0 Å². The molecule has 0 fully saturated rings. The van der Waals surface area contributed by atoms with Crippen LogP contribution < -0.4 is 10.9 Å². The van der Waals surface area contributed by atoms with E-state index in [9.17, 15) is 4.79 Å². The molecule has 1 amide bonds. The number of halogens is 2. The Hall–Kier alpha value is -2.04. The number of hydrogen-bond donors (Lipinski definition) is 2. The Labute approximate surface area is 126 Å². The monoisotopic (exact) mass is 307 g/mol. The average molecular weight is 308 g/mol. The molecule has 20 heavy (non-hydrogen) atoms. The van der Waals surface area contributed by atoms with E-state index < -0.39 is 0 Å². The molecule has 6 heteroatoms. The number of carbonyl (C=O) groups excluding carboxylic acids is 1. The van der Waals surface area contributed by atoms with E-state index in [-0.39, 0.29) is 5.91 Å². The van der Waals surface area contributed by atoms with Crippen molar-refractivity contribution in [1.82, 2.24) is 15.8 Å². The number of hydrazine groups is 1. The van der Waals surface area contributed by atoms with Crippen LogP contribution in [0.25, 0.3) is 5.70 Å². The lowest BCUT2D eigenvalue weighted by Crippen LogP contribution is -2.35. The Kier molecular flexibility index (Phi) is 4.61. The Balaban J connectivity index is 2.02. The van der Waals surface area contributed by atoms with E-state index >= 15 is 0 Å². The van der Waals surface area contributed by atoms with E-state index in [1.807, 2.05) is 0 Å². The zero-order valence-electron chi connectivity index (χ0n) is 10.4. The fourth-order valence-corrected chi connectivity index (χ4v) is 1.90. The SMILES string of the molecule is C=C(NNC(=O)c1cccnc1)c1cc(Cl)ccc1Cl. The van der Waals surface area contributed by atoms with Gasteiger partial charge >= 0.3 is 0 Å². The first-order chi connectivity index (χ1) is 9.58. The van der Waals surface area contributed by atoms with Crippen LogP contribution in [-0.2, 0) is 0 Å². The third-order valence-corrected chi connectivity index (χ3v) is 3.07. The lowest BCUT2D eigenvalue weighted by Gasteiger charge is -2.12. The van der Waals surface area contributed by atoms with Crippen molar-refractivity contribution in [2.75, 3.05) is 0 Å². The number of benzene rings is 1. The van der Waals surface area contributed by atoms with Crippen LogP contribution >= 0.6 is 23.2 Å². The highest BCUT2D eigenvalue weighted by Crippen LogP contribution is 2.24. The molecule has 0 aliphatic heterocycles. The van der Waals surface area contributed by atoms with Gasteiger partial charge in [0.05, 0.1) is 16.3 Å². The largest absolute Gasteiger partial charge is 0.298 e. The summed E-state index contributed by atoms with van der Waals surface area (Å²) in [5.41, 5.74) is 6.71. The van der Waals surface area contributed by atoms with Gasteiger partial charge in [0.1, 0.15) is 0 Å². The number of amides is 1. The quantitative estimate of drug-likeness (QED) is 0.852. The third-order valence-electron chi connectivity index (χ3n) is 2.50. The summed E-state index contributed by atoms with van der Waals surface area (Å²) in [5.74, 6) is -0.322. The molecule has 2 N–H and O–H groups in total. The predicted molar refractivity (Wildman–Crippen MR) is 80.3 cm³/mol. The van der Waals surface area contributed by atoms with E-state index in [2.05, 4.69) is 22.4 Å². The van der Waals surface area contributed by atoms with Crippen LogP contribution in [0.15, 0.2) is 49.3 Å². The molecule has 2 rings (SSSR count). The topological polar surface area (TPSA) is 54.0 Å². The smallest absolute Gasteiger partial charge is 0.271 e. The lowest BCUT2D eigenvalue weighted by atomic mass is 10.2. The summed E-state index contributed by atoms with van der Waals surface area (Å²) in [7, 11) is 0. The standard InChI is InChI=1S/C14H11Cl2N3O/c1-9(12-7-11(15)4-5-13(12)16)18-19-14(20)10-3-2-6-17-8-10/h2-8,18H,1H2,(H,19,20). The molecule has 1 aromatic heterocycles. The van der Waals surface area contributed by atoms with Crippen molar-refractivity contribution in [1.29, 1.82) is 0 Å². The van der Waals surface area contributed by atoms with Gasteiger partial charge in [-0.25, -0.2) is 0 Å². The molecular formula is C14H11Cl2N3O. The van der Waals surface area contributed by atoms with Crippen LogP contribution in [0.3, 0.4) is 0 Å². The minimum absolute atomic E-state index is 0.322. The normalized spacial score (nSPS) is 9.90. The highest BCUT2D eigenvalue weighted by molar-refractivity contribution is 6.34. The molecule has 0 aliphatic rings. The maximum absolute atomic E-state index is 11.8. The second-order valence-corrected chi connectivity index (χ2v) is 4.77. The highest BCUT2D eigenvalue weighted by Gasteiger charge is 2.08. The van der Waals surface area contributed by atoms with Crippen LogP contribution in [0.4, 0.5) is 0 Å². The number of pyridine rings is 1. The van der Waals surface area contributed by atoms with Crippen LogP contribution in [0.5, 0.6) is 0 Å². The molecule has 0 bridgehead atoms. The maximum Gasteiger partial charge on any atom is 0.271 e. The molecule has 0 aliphatic carbocycles. The van der Waals surface area contributed by atoms with E-state index in [0.29, 0.717) is 26.9 Å². The van der Waals surface area contributed by atoms with Gasteiger partial charge in [-0.15, -0.1) is 0 Å². The predicted octanol–water partition coefficient (Wildman–Crippen LogP) is 3.29.